The van der Waals surface area contributed by atoms with Crippen LogP contribution in [0.1, 0.15) is 16.7 Å². The molecule has 1 aliphatic rings. The van der Waals surface area contributed by atoms with Crippen LogP contribution in [0.5, 0.6) is 0 Å². The summed E-state index contributed by atoms with van der Waals surface area (Å²) < 4.78 is 0. The lowest BCUT2D eigenvalue weighted by Gasteiger charge is -2.20. The Morgan fingerprint density at radius 1 is 1.17 bits per heavy atom. The van der Waals surface area contributed by atoms with E-state index in [1.807, 2.05) is 24.3 Å². The van der Waals surface area contributed by atoms with E-state index in [0.29, 0.717) is 18.7 Å². The summed E-state index contributed by atoms with van der Waals surface area (Å²) in [6.45, 7) is 1.13. The van der Waals surface area contributed by atoms with Gasteiger partial charge in [-0.05, 0) is 23.1 Å². The monoisotopic (exact) mass is 311 g/mol. The summed E-state index contributed by atoms with van der Waals surface area (Å²) in [5, 5.41) is 10.8. The second-order valence-electron chi connectivity index (χ2n) is 5.70. The largest absolute Gasteiger partial charge is 0.333 e. The summed E-state index contributed by atoms with van der Waals surface area (Å²) in [7, 11) is 0. The minimum Gasteiger partial charge on any atom is -0.333 e. The number of non-ortho nitro benzene ring substituents is 1. The standard InChI is InChI=1S/C17H17N3O3/c18-16(9-12-4-3-7-15(8-12)20(22)23)17(21)19-10-13-5-1-2-6-14(13)11-19/h1-8,16H,9-11,18H2. The van der Waals surface area contributed by atoms with E-state index >= 15 is 0 Å². The Hall–Kier alpha value is -2.73. The first-order valence-corrected chi connectivity index (χ1v) is 7.39. The maximum atomic E-state index is 12.5. The van der Waals surface area contributed by atoms with Gasteiger partial charge in [0.2, 0.25) is 5.91 Å². The highest BCUT2D eigenvalue weighted by Gasteiger charge is 2.27. The molecule has 1 unspecified atom stereocenters. The minimum absolute atomic E-state index is 0.00993. The minimum atomic E-state index is -0.702. The molecule has 0 aromatic heterocycles. The summed E-state index contributed by atoms with van der Waals surface area (Å²) in [6.07, 6.45) is 0.285. The number of carbonyl (C=O) groups is 1. The molecule has 23 heavy (non-hydrogen) atoms. The molecular weight excluding hydrogens is 294 g/mol. The van der Waals surface area contributed by atoms with Crippen LogP contribution in [-0.2, 0) is 24.3 Å². The first-order chi connectivity index (χ1) is 11.0. The van der Waals surface area contributed by atoms with Crippen molar-refractivity contribution in [3.05, 3.63) is 75.3 Å². The molecule has 1 aliphatic heterocycles. The average Bonchev–Trinajstić information content (AvgIpc) is 2.98. The van der Waals surface area contributed by atoms with Crippen molar-refractivity contribution >= 4 is 11.6 Å². The molecule has 0 saturated carbocycles. The number of fused-ring (bicyclic) bond motifs is 1. The van der Waals surface area contributed by atoms with Crippen molar-refractivity contribution in [2.45, 2.75) is 25.6 Å². The smallest absolute Gasteiger partial charge is 0.269 e. The number of hydrogen-bond donors (Lipinski definition) is 1. The van der Waals surface area contributed by atoms with Crippen LogP contribution >= 0.6 is 0 Å². The summed E-state index contributed by atoms with van der Waals surface area (Å²) in [5.74, 6) is -0.132. The van der Waals surface area contributed by atoms with Gasteiger partial charge < -0.3 is 10.6 Å². The number of carbonyl (C=O) groups excluding carboxylic acids is 1. The van der Waals surface area contributed by atoms with Crippen LogP contribution in [-0.4, -0.2) is 21.8 Å². The number of amides is 1. The molecule has 6 nitrogen and oxygen atoms in total. The highest BCUT2D eigenvalue weighted by Crippen LogP contribution is 2.23. The zero-order valence-electron chi connectivity index (χ0n) is 12.5. The van der Waals surface area contributed by atoms with Crippen LogP contribution in [0.25, 0.3) is 0 Å². The molecule has 1 atom stereocenters. The number of rotatable bonds is 4. The number of hydrogen-bond acceptors (Lipinski definition) is 4. The molecule has 3 rings (SSSR count). The van der Waals surface area contributed by atoms with Crippen molar-refractivity contribution < 1.29 is 9.72 Å². The Bertz CT molecular complexity index is 735. The second-order valence-corrected chi connectivity index (χ2v) is 5.70. The molecule has 0 radical (unpaired) electrons. The number of nitrogens with two attached hydrogens (primary N) is 1. The normalized spacial score (nSPS) is 14.4. The van der Waals surface area contributed by atoms with E-state index < -0.39 is 11.0 Å². The average molecular weight is 311 g/mol. The zero-order chi connectivity index (χ0) is 16.4. The zero-order valence-corrected chi connectivity index (χ0v) is 12.5. The second kappa shape index (κ2) is 6.18. The van der Waals surface area contributed by atoms with E-state index in [9.17, 15) is 14.9 Å². The Labute approximate surface area is 133 Å². The molecular formula is C17H17N3O3. The van der Waals surface area contributed by atoms with Crippen molar-refractivity contribution in [2.24, 2.45) is 5.73 Å². The maximum Gasteiger partial charge on any atom is 0.269 e. The SMILES string of the molecule is NC(Cc1cccc([N+](=O)[O-])c1)C(=O)N1Cc2ccccc2C1. The molecule has 0 bridgehead atoms. The Balaban J connectivity index is 1.67. The third-order valence-electron chi connectivity index (χ3n) is 4.05. The lowest BCUT2D eigenvalue weighted by Crippen LogP contribution is -2.42. The first kappa shape index (κ1) is 15.2. The third kappa shape index (κ3) is 3.22. The molecule has 1 amide bonds. The van der Waals surface area contributed by atoms with Gasteiger partial charge in [-0.25, -0.2) is 0 Å². The maximum absolute atomic E-state index is 12.5. The van der Waals surface area contributed by atoms with Crippen LogP contribution in [0.3, 0.4) is 0 Å². The van der Waals surface area contributed by atoms with E-state index in [4.69, 9.17) is 5.73 Å². The summed E-state index contributed by atoms with van der Waals surface area (Å²) in [5.41, 5.74) is 9.01. The molecule has 0 spiro atoms. The van der Waals surface area contributed by atoms with Gasteiger partial charge in [0.1, 0.15) is 0 Å². The lowest BCUT2D eigenvalue weighted by molar-refractivity contribution is -0.384. The molecule has 6 heteroatoms. The fourth-order valence-corrected chi connectivity index (χ4v) is 2.86. The van der Waals surface area contributed by atoms with Crippen LogP contribution in [0.15, 0.2) is 48.5 Å². The van der Waals surface area contributed by atoms with Gasteiger partial charge in [-0.3, -0.25) is 14.9 Å². The molecule has 2 aromatic rings. The molecule has 2 N–H and O–H groups in total. The molecule has 118 valence electrons. The van der Waals surface area contributed by atoms with E-state index in [1.54, 1.807) is 17.0 Å². The van der Waals surface area contributed by atoms with Gasteiger partial charge in [-0.15, -0.1) is 0 Å². The van der Waals surface area contributed by atoms with E-state index in [0.717, 1.165) is 11.1 Å². The summed E-state index contributed by atoms with van der Waals surface area (Å²) >= 11 is 0. The topological polar surface area (TPSA) is 89.5 Å². The van der Waals surface area contributed by atoms with Crippen molar-refractivity contribution in [1.82, 2.24) is 4.90 Å². The fourth-order valence-electron chi connectivity index (χ4n) is 2.86. The van der Waals surface area contributed by atoms with Gasteiger partial charge >= 0.3 is 0 Å². The Kier molecular flexibility index (Phi) is 4.08. The van der Waals surface area contributed by atoms with Gasteiger partial charge in [0.25, 0.3) is 5.69 Å². The predicted molar refractivity (Wildman–Crippen MR) is 85.5 cm³/mol. The quantitative estimate of drug-likeness (QED) is 0.691. The van der Waals surface area contributed by atoms with Crippen LogP contribution in [0, 0.1) is 10.1 Å². The highest BCUT2D eigenvalue weighted by molar-refractivity contribution is 5.82. The van der Waals surface area contributed by atoms with Gasteiger partial charge in [0.05, 0.1) is 11.0 Å². The van der Waals surface area contributed by atoms with Crippen molar-refractivity contribution in [1.29, 1.82) is 0 Å². The van der Waals surface area contributed by atoms with Crippen molar-refractivity contribution in [2.75, 3.05) is 0 Å². The number of nitro benzene ring substituents is 1. The van der Waals surface area contributed by atoms with Crippen LogP contribution in [0.2, 0.25) is 0 Å². The molecule has 0 saturated heterocycles. The van der Waals surface area contributed by atoms with Gasteiger partial charge in [-0.1, -0.05) is 36.4 Å². The highest BCUT2D eigenvalue weighted by atomic mass is 16.6. The van der Waals surface area contributed by atoms with Gasteiger partial charge in [0, 0.05) is 25.2 Å². The van der Waals surface area contributed by atoms with E-state index in [-0.39, 0.29) is 18.0 Å². The van der Waals surface area contributed by atoms with Crippen molar-refractivity contribution in [3.63, 3.8) is 0 Å². The van der Waals surface area contributed by atoms with Gasteiger partial charge in [-0.2, -0.15) is 0 Å². The Morgan fingerprint density at radius 2 is 1.83 bits per heavy atom. The predicted octanol–water partition coefficient (Wildman–Crippen LogP) is 2.01. The Morgan fingerprint density at radius 3 is 2.43 bits per heavy atom. The van der Waals surface area contributed by atoms with Crippen LogP contribution in [0.4, 0.5) is 5.69 Å². The number of benzene rings is 2. The summed E-state index contributed by atoms with van der Waals surface area (Å²) in [4.78, 5) is 24.6. The number of nitrogens with zero attached hydrogens (tertiary/aromatic N) is 2. The van der Waals surface area contributed by atoms with E-state index in [2.05, 4.69) is 0 Å². The molecule has 2 aromatic carbocycles. The van der Waals surface area contributed by atoms with Gasteiger partial charge in [0.15, 0.2) is 0 Å². The lowest BCUT2D eigenvalue weighted by atomic mass is 10.0. The summed E-state index contributed by atoms with van der Waals surface area (Å²) in [6, 6.07) is 13.5. The van der Waals surface area contributed by atoms with E-state index in [1.165, 1.54) is 12.1 Å². The third-order valence-corrected chi connectivity index (χ3v) is 4.05. The van der Waals surface area contributed by atoms with Crippen LogP contribution < -0.4 is 5.73 Å². The fraction of sp³-hybridized carbons (Fsp3) is 0.235. The number of nitro groups is 1. The molecule has 0 fully saturated rings. The first-order valence-electron chi connectivity index (χ1n) is 7.39. The molecule has 0 aliphatic carbocycles. The van der Waals surface area contributed by atoms with Crippen molar-refractivity contribution in [3.8, 4) is 0 Å². The molecule has 1 heterocycles.